The van der Waals surface area contributed by atoms with Crippen LogP contribution in [0.5, 0.6) is 0 Å². The lowest BCUT2D eigenvalue weighted by atomic mass is 9.84. The maximum absolute atomic E-state index is 12.2. The molecule has 2 atom stereocenters. The third-order valence-corrected chi connectivity index (χ3v) is 6.80. The Bertz CT molecular complexity index is 695. The zero-order chi connectivity index (χ0) is 23.9. The van der Waals surface area contributed by atoms with E-state index in [1.54, 1.807) is 0 Å². The van der Waals surface area contributed by atoms with Gasteiger partial charge in [-0.15, -0.1) is 0 Å². The van der Waals surface area contributed by atoms with Crippen molar-refractivity contribution in [3.8, 4) is 0 Å². The highest BCUT2D eigenvalue weighted by Gasteiger charge is 2.24. The number of carboxylic acids is 2. The predicted octanol–water partition coefficient (Wildman–Crippen LogP) is 8.16. The van der Waals surface area contributed by atoms with Crippen molar-refractivity contribution in [3.63, 3.8) is 0 Å². The molecule has 32 heavy (non-hydrogen) atoms. The number of aryl methyl sites for hydroxylation is 1. The molecule has 0 aliphatic carbocycles. The lowest BCUT2D eigenvalue weighted by Crippen LogP contribution is -2.15. The molecule has 2 unspecified atom stereocenters. The van der Waals surface area contributed by atoms with Crippen molar-refractivity contribution < 1.29 is 19.8 Å². The highest BCUT2D eigenvalue weighted by molar-refractivity contribution is 6.03. The van der Waals surface area contributed by atoms with Gasteiger partial charge in [0.1, 0.15) is 0 Å². The van der Waals surface area contributed by atoms with Crippen molar-refractivity contribution in [1.29, 1.82) is 0 Å². The third kappa shape index (κ3) is 9.34. The second-order valence-corrected chi connectivity index (χ2v) is 9.41. The van der Waals surface area contributed by atoms with Gasteiger partial charge < -0.3 is 10.2 Å². The fourth-order valence-corrected chi connectivity index (χ4v) is 5.01. The van der Waals surface area contributed by atoms with Gasteiger partial charge >= 0.3 is 11.9 Å². The van der Waals surface area contributed by atoms with Crippen LogP contribution in [-0.4, -0.2) is 22.2 Å². The van der Waals surface area contributed by atoms with Gasteiger partial charge in [0.25, 0.3) is 0 Å². The summed E-state index contributed by atoms with van der Waals surface area (Å²) in [6.07, 6.45) is 15.2. The predicted molar refractivity (Wildman–Crippen MR) is 133 cm³/mol. The molecule has 0 bridgehead atoms. The molecule has 0 heterocycles. The summed E-state index contributed by atoms with van der Waals surface area (Å²) in [6.45, 7) is 8.84. The Labute approximate surface area is 195 Å². The summed E-state index contributed by atoms with van der Waals surface area (Å²) >= 11 is 0. The van der Waals surface area contributed by atoms with Gasteiger partial charge in [0.05, 0.1) is 11.1 Å². The van der Waals surface area contributed by atoms with Crippen molar-refractivity contribution in [2.75, 3.05) is 0 Å². The molecule has 0 fully saturated rings. The first-order valence-corrected chi connectivity index (χ1v) is 13.0. The Kier molecular flexibility index (Phi) is 14.0. The summed E-state index contributed by atoms with van der Waals surface area (Å²) in [7, 11) is 0. The van der Waals surface area contributed by atoms with Gasteiger partial charge in [-0.05, 0) is 54.7 Å². The van der Waals surface area contributed by atoms with E-state index in [0.29, 0.717) is 18.3 Å². The average molecular weight is 447 g/mol. The van der Waals surface area contributed by atoms with E-state index in [9.17, 15) is 19.8 Å². The monoisotopic (exact) mass is 446 g/mol. The zero-order valence-corrected chi connectivity index (χ0v) is 20.9. The Morgan fingerprint density at radius 2 is 1.22 bits per heavy atom. The minimum Gasteiger partial charge on any atom is -0.478 e. The molecule has 0 radical (unpaired) electrons. The SMILES string of the molecule is CCCCC(CCC)CCc1ccc(C(=O)O)c(C(=O)O)c1CCC(CCC)CCCC. The molecule has 0 amide bonds. The Morgan fingerprint density at radius 3 is 1.66 bits per heavy atom. The molecule has 1 aromatic carbocycles. The molecule has 0 saturated heterocycles. The van der Waals surface area contributed by atoms with E-state index < -0.39 is 11.9 Å². The Morgan fingerprint density at radius 1 is 0.688 bits per heavy atom. The molecule has 4 nitrogen and oxygen atoms in total. The first-order chi connectivity index (χ1) is 15.4. The molecule has 0 spiro atoms. The largest absolute Gasteiger partial charge is 0.478 e. The minimum atomic E-state index is -1.15. The summed E-state index contributed by atoms with van der Waals surface area (Å²) in [4.78, 5) is 23.9. The quantitative estimate of drug-likeness (QED) is 0.238. The normalized spacial score (nSPS) is 13.1. The number of benzene rings is 1. The molecule has 0 aliphatic heterocycles. The molecule has 1 aromatic rings. The van der Waals surface area contributed by atoms with Gasteiger partial charge in [0.2, 0.25) is 0 Å². The average Bonchev–Trinajstić information content (AvgIpc) is 2.76. The van der Waals surface area contributed by atoms with Crippen molar-refractivity contribution >= 4 is 11.9 Å². The van der Waals surface area contributed by atoms with Crippen LogP contribution in [0.2, 0.25) is 0 Å². The number of unbranched alkanes of at least 4 members (excludes halogenated alkanes) is 2. The minimum absolute atomic E-state index is 0.0151. The molecule has 182 valence electrons. The maximum atomic E-state index is 12.2. The molecule has 0 aliphatic rings. The van der Waals surface area contributed by atoms with Crippen LogP contribution >= 0.6 is 0 Å². The smallest absolute Gasteiger partial charge is 0.336 e. The summed E-state index contributed by atoms with van der Waals surface area (Å²) in [5.74, 6) is -1.05. The van der Waals surface area contributed by atoms with Crippen LogP contribution in [0.25, 0.3) is 0 Å². The van der Waals surface area contributed by atoms with E-state index in [1.807, 2.05) is 6.07 Å². The highest BCUT2D eigenvalue weighted by atomic mass is 16.4. The first-order valence-electron chi connectivity index (χ1n) is 13.0. The summed E-state index contributed by atoms with van der Waals surface area (Å²) in [6, 6.07) is 3.39. The van der Waals surface area contributed by atoms with Crippen molar-refractivity contribution in [1.82, 2.24) is 0 Å². The number of hydrogen-bond acceptors (Lipinski definition) is 2. The van der Waals surface area contributed by atoms with Crippen molar-refractivity contribution in [2.45, 2.75) is 118 Å². The van der Waals surface area contributed by atoms with Gasteiger partial charge in [-0.2, -0.15) is 0 Å². The second kappa shape index (κ2) is 15.9. The van der Waals surface area contributed by atoms with Crippen LogP contribution in [0.3, 0.4) is 0 Å². The van der Waals surface area contributed by atoms with Gasteiger partial charge in [0.15, 0.2) is 0 Å². The van der Waals surface area contributed by atoms with E-state index >= 15 is 0 Å². The summed E-state index contributed by atoms with van der Waals surface area (Å²) in [5.41, 5.74) is 1.74. The van der Waals surface area contributed by atoms with E-state index in [0.717, 1.165) is 62.5 Å². The van der Waals surface area contributed by atoms with Gasteiger partial charge in [-0.3, -0.25) is 0 Å². The van der Waals surface area contributed by atoms with Crippen LogP contribution in [0.1, 0.15) is 137 Å². The topological polar surface area (TPSA) is 74.6 Å². The number of aromatic carboxylic acids is 2. The van der Waals surface area contributed by atoms with Crippen LogP contribution in [0.15, 0.2) is 12.1 Å². The van der Waals surface area contributed by atoms with Crippen molar-refractivity contribution in [2.24, 2.45) is 11.8 Å². The third-order valence-electron chi connectivity index (χ3n) is 6.80. The molecule has 0 saturated carbocycles. The second-order valence-electron chi connectivity index (χ2n) is 9.41. The molecular formula is C28H46O4. The van der Waals surface area contributed by atoms with Gasteiger partial charge in [0, 0.05) is 0 Å². The van der Waals surface area contributed by atoms with Crippen LogP contribution in [0, 0.1) is 11.8 Å². The fourth-order valence-electron chi connectivity index (χ4n) is 5.01. The number of carbonyl (C=O) groups is 2. The number of rotatable bonds is 18. The first kappa shape index (κ1) is 28.2. The van der Waals surface area contributed by atoms with E-state index in [-0.39, 0.29) is 11.1 Å². The molecule has 4 heteroatoms. The number of carboxylic acid groups (broad SMARTS) is 2. The lowest BCUT2D eigenvalue weighted by Gasteiger charge is -2.21. The van der Waals surface area contributed by atoms with E-state index in [1.165, 1.54) is 38.2 Å². The summed E-state index contributed by atoms with van der Waals surface area (Å²) in [5, 5.41) is 19.6. The molecule has 0 aromatic heterocycles. The Balaban J connectivity index is 3.20. The Hall–Kier alpha value is -1.84. The molecule has 2 N–H and O–H groups in total. The maximum Gasteiger partial charge on any atom is 0.336 e. The van der Waals surface area contributed by atoms with Crippen LogP contribution in [0.4, 0.5) is 0 Å². The van der Waals surface area contributed by atoms with E-state index in [4.69, 9.17) is 0 Å². The standard InChI is InChI=1S/C28H46O4/c1-5-9-13-21(11-7-3)15-17-23-18-20-25(27(29)30)26(28(31)32)24(23)19-16-22(12-8-4)14-10-6-2/h18,20-22H,5-17,19H2,1-4H3,(H,29,30)(H,31,32). The van der Waals surface area contributed by atoms with Crippen LogP contribution < -0.4 is 0 Å². The van der Waals surface area contributed by atoms with Gasteiger partial charge in [-0.25, -0.2) is 9.59 Å². The van der Waals surface area contributed by atoms with Gasteiger partial charge in [-0.1, -0.05) is 98.0 Å². The number of hydrogen-bond donors (Lipinski definition) is 2. The fraction of sp³-hybridized carbons (Fsp3) is 0.714. The van der Waals surface area contributed by atoms with E-state index in [2.05, 4.69) is 27.7 Å². The highest BCUT2D eigenvalue weighted by Crippen LogP contribution is 2.29. The summed E-state index contributed by atoms with van der Waals surface area (Å²) < 4.78 is 0. The lowest BCUT2D eigenvalue weighted by molar-refractivity contribution is 0.0650. The van der Waals surface area contributed by atoms with Crippen molar-refractivity contribution in [3.05, 3.63) is 34.4 Å². The molecular weight excluding hydrogens is 400 g/mol. The zero-order valence-electron chi connectivity index (χ0n) is 20.9. The molecule has 1 rings (SSSR count). The van der Waals surface area contributed by atoms with Crippen LogP contribution in [-0.2, 0) is 12.8 Å².